The van der Waals surface area contributed by atoms with Crippen LogP contribution in [0.2, 0.25) is 5.02 Å². The van der Waals surface area contributed by atoms with Crippen molar-refractivity contribution in [2.45, 2.75) is 26.9 Å². The molecule has 4 rings (SSSR count). The van der Waals surface area contributed by atoms with Crippen LogP contribution in [0.25, 0.3) is 6.08 Å². The van der Waals surface area contributed by atoms with Gasteiger partial charge in [-0.3, -0.25) is 10.2 Å². The first-order valence-electron chi connectivity index (χ1n) is 10.2. The summed E-state index contributed by atoms with van der Waals surface area (Å²) in [5.74, 6) is 0.554. The Balaban J connectivity index is 1.64. The van der Waals surface area contributed by atoms with Crippen LogP contribution in [0.1, 0.15) is 31.4 Å². The zero-order valence-corrected chi connectivity index (χ0v) is 21.1. The van der Waals surface area contributed by atoms with Crippen molar-refractivity contribution in [1.29, 1.82) is 5.41 Å². The Morgan fingerprint density at radius 3 is 2.76 bits per heavy atom. The van der Waals surface area contributed by atoms with Gasteiger partial charge in [0.15, 0.2) is 17.3 Å². The first kappa shape index (κ1) is 23.5. The summed E-state index contributed by atoms with van der Waals surface area (Å²) >= 11 is 11.1. The number of hydrazone groups is 1. The summed E-state index contributed by atoms with van der Waals surface area (Å²) in [5, 5.41) is 16.1. The van der Waals surface area contributed by atoms with E-state index < -0.39 is 5.91 Å². The number of halogens is 2. The highest BCUT2D eigenvalue weighted by molar-refractivity contribution is 9.10. The van der Waals surface area contributed by atoms with Gasteiger partial charge in [0.05, 0.1) is 16.7 Å². The minimum Gasteiger partial charge on any atom is -0.490 e. The third-order valence-corrected chi connectivity index (χ3v) is 6.78. The smallest absolute Gasteiger partial charge is 0.283 e. The number of rotatable bonds is 7. The number of ether oxygens (including phenoxy) is 2. The highest BCUT2D eigenvalue weighted by Crippen LogP contribution is 2.39. The van der Waals surface area contributed by atoms with Gasteiger partial charge in [-0.05, 0) is 70.9 Å². The third kappa shape index (κ3) is 5.00. The van der Waals surface area contributed by atoms with Gasteiger partial charge in [0.1, 0.15) is 11.7 Å². The molecule has 0 radical (unpaired) electrons. The summed E-state index contributed by atoms with van der Waals surface area (Å²) in [6.45, 7) is 4.54. The van der Waals surface area contributed by atoms with Crippen LogP contribution >= 0.6 is 39.3 Å². The second-order valence-electron chi connectivity index (χ2n) is 7.01. The van der Waals surface area contributed by atoms with Crippen molar-refractivity contribution in [2.75, 3.05) is 6.61 Å². The fourth-order valence-electron chi connectivity index (χ4n) is 3.18. The van der Waals surface area contributed by atoms with Crippen molar-refractivity contribution in [3.05, 3.63) is 62.6 Å². The first-order valence-corrected chi connectivity index (χ1v) is 12.2. The fourth-order valence-corrected chi connectivity index (χ4v) is 4.77. The van der Waals surface area contributed by atoms with Crippen molar-refractivity contribution in [3.8, 4) is 11.5 Å². The summed E-state index contributed by atoms with van der Waals surface area (Å²) in [6.07, 6.45) is 2.32. The number of hydrogen-bond acceptors (Lipinski definition) is 6. The molecule has 0 saturated heterocycles. The molecule has 2 aliphatic rings. The molecule has 33 heavy (non-hydrogen) atoms. The van der Waals surface area contributed by atoms with E-state index in [0.717, 1.165) is 10.6 Å². The Kier molecular flexibility index (Phi) is 7.21. The molecule has 7 nitrogen and oxygen atoms in total. The van der Waals surface area contributed by atoms with Gasteiger partial charge in [0.25, 0.3) is 5.91 Å². The van der Waals surface area contributed by atoms with E-state index in [9.17, 15) is 4.79 Å². The molecule has 10 heteroatoms. The number of benzene rings is 2. The summed E-state index contributed by atoms with van der Waals surface area (Å²) in [5.41, 5.74) is 1.67. The Hall–Kier alpha value is -2.62. The highest BCUT2D eigenvalue weighted by Gasteiger charge is 2.35. The van der Waals surface area contributed by atoms with Crippen LogP contribution in [-0.4, -0.2) is 33.6 Å². The van der Waals surface area contributed by atoms with Crippen LogP contribution in [0.4, 0.5) is 0 Å². The average Bonchev–Trinajstić information content (AvgIpc) is 3.20. The number of amides is 1. The SMILES string of the molecule is CCOc1cc(/C=C2\C(=N)N3N=C(CC)SC3=NC2=O)cc(Br)c1OCc1ccccc1Cl. The number of amidine groups is 2. The minimum absolute atomic E-state index is 0.00548. The largest absolute Gasteiger partial charge is 0.490 e. The predicted molar refractivity (Wildman–Crippen MR) is 136 cm³/mol. The van der Waals surface area contributed by atoms with Crippen LogP contribution in [-0.2, 0) is 11.4 Å². The van der Waals surface area contributed by atoms with E-state index in [1.807, 2.05) is 38.1 Å². The summed E-state index contributed by atoms with van der Waals surface area (Å²) in [6, 6.07) is 11.0. The molecular weight excluding hydrogens is 528 g/mol. The number of fused-ring (bicyclic) bond motifs is 1. The molecule has 2 heterocycles. The Bertz CT molecular complexity index is 1230. The Labute approximate surface area is 209 Å². The van der Waals surface area contributed by atoms with Crippen molar-refractivity contribution in [3.63, 3.8) is 0 Å². The Morgan fingerprint density at radius 1 is 1.24 bits per heavy atom. The van der Waals surface area contributed by atoms with Gasteiger partial charge < -0.3 is 9.47 Å². The average molecular weight is 548 g/mol. The molecule has 0 saturated carbocycles. The van der Waals surface area contributed by atoms with Crippen LogP contribution in [0.15, 0.2) is 56.5 Å². The van der Waals surface area contributed by atoms with Gasteiger partial charge in [-0.2, -0.15) is 15.1 Å². The zero-order valence-electron chi connectivity index (χ0n) is 17.9. The fraction of sp³-hybridized carbons (Fsp3) is 0.217. The summed E-state index contributed by atoms with van der Waals surface area (Å²) < 4.78 is 12.5. The maximum atomic E-state index is 12.6. The second-order valence-corrected chi connectivity index (χ2v) is 9.31. The number of nitrogens with zero attached hydrogens (tertiary/aromatic N) is 3. The van der Waals surface area contributed by atoms with E-state index in [4.69, 9.17) is 26.5 Å². The molecular formula is C23H20BrClN4O3S. The first-order chi connectivity index (χ1) is 15.9. The van der Waals surface area contributed by atoms with Crippen molar-refractivity contribution >= 4 is 67.3 Å². The zero-order chi connectivity index (χ0) is 23.5. The van der Waals surface area contributed by atoms with Gasteiger partial charge >= 0.3 is 0 Å². The number of carbonyl (C=O) groups excluding carboxylic acids is 1. The van der Waals surface area contributed by atoms with Gasteiger partial charge in [0.2, 0.25) is 5.17 Å². The van der Waals surface area contributed by atoms with E-state index in [1.165, 1.54) is 16.8 Å². The van der Waals surface area contributed by atoms with Crippen molar-refractivity contribution < 1.29 is 14.3 Å². The lowest BCUT2D eigenvalue weighted by Crippen LogP contribution is -2.35. The molecule has 0 spiro atoms. The molecule has 0 fully saturated rings. The second kappa shape index (κ2) is 10.1. The van der Waals surface area contributed by atoms with E-state index in [-0.39, 0.29) is 18.0 Å². The standard InChI is InChI=1S/C23H20BrClN4O3S/c1-3-19-28-29-21(26)15(22(30)27-23(29)33-19)9-13-10-16(24)20(18(11-13)31-4-2)32-12-14-7-5-6-8-17(14)25/h5-11,26H,3-4,12H2,1-2H3/b15-9+,26-21?. The molecule has 170 valence electrons. The Morgan fingerprint density at radius 2 is 2.03 bits per heavy atom. The number of hydrogen-bond donors (Lipinski definition) is 1. The van der Waals surface area contributed by atoms with Crippen LogP contribution in [0, 0.1) is 5.41 Å². The predicted octanol–water partition coefficient (Wildman–Crippen LogP) is 6.11. The molecule has 2 aromatic carbocycles. The lowest BCUT2D eigenvalue weighted by molar-refractivity contribution is -0.114. The maximum Gasteiger partial charge on any atom is 0.283 e. The quantitative estimate of drug-likeness (QED) is 0.423. The monoisotopic (exact) mass is 546 g/mol. The van der Waals surface area contributed by atoms with Crippen LogP contribution < -0.4 is 9.47 Å². The van der Waals surface area contributed by atoms with Crippen LogP contribution in [0.5, 0.6) is 11.5 Å². The number of thioether (sulfide) groups is 1. The van der Waals surface area contributed by atoms with Gasteiger partial charge in [-0.15, -0.1) is 0 Å². The molecule has 0 aromatic heterocycles. The molecule has 2 aromatic rings. The van der Waals surface area contributed by atoms with Crippen LogP contribution in [0.3, 0.4) is 0 Å². The van der Waals surface area contributed by atoms with E-state index >= 15 is 0 Å². The molecule has 0 atom stereocenters. The van der Waals surface area contributed by atoms with Gasteiger partial charge in [-0.25, -0.2) is 0 Å². The minimum atomic E-state index is -0.473. The molecule has 1 amide bonds. The molecule has 0 bridgehead atoms. The topological polar surface area (TPSA) is 87.3 Å². The number of aliphatic imine (C=N–C) groups is 1. The lowest BCUT2D eigenvalue weighted by atomic mass is 10.1. The number of carbonyl (C=O) groups is 1. The molecule has 0 unspecified atom stereocenters. The lowest BCUT2D eigenvalue weighted by Gasteiger charge is -2.20. The highest BCUT2D eigenvalue weighted by atomic mass is 79.9. The van der Waals surface area contributed by atoms with Gasteiger partial charge in [-0.1, -0.05) is 36.7 Å². The van der Waals surface area contributed by atoms with E-state index in [2.05, 4.69) is 26.0 Å². The van der Waals surface area contributed by atoms with Crippen molar-refractivity contribution in [2.24, 2.45) is 10.1 Å². The molecule has 2 aliphatic heterocycles. The normalized spacial score (nSPS) is 16.6. The van der Waals surface area contributed by atoms with E-state index in [0.29, 0.717) is 44.8 Å². The third-order valence-electron chi connectivity index (χ3n) is 4.77. The van der Waals surface area contributed by atoms with Crippen molar-refractivity contribution in [1.82, 2.24) is 5.01 Å². The molecule has 1 N–H and O–H groups in total. The number of nitrogens with one attached hydrogen (secondary N) is 1. The van der Waals surface area contributed by atoms with Gasteiger partial charge in [0, 0.05) is 10.6 Å². The maximum absolute atomic E-state index is 12.6. The summed E-state index contributed by atoms with van der Waals surface area (Å²) in [7, 11) is 0. The van der Waals surface area contributed by atoms with E-state index in [1.54, 1.807) is 18.2 Å². The molecule has 0 aliphatic carbocycles. The summed E-state index contributed by atoms with van der Waals surface area (Å²) in [4.78, 5) is 16.7.